The molecule has 0 aliphatic heterocycles. The van der Waals surface area contributed by atoms with E-state index in [0.29, 0.717) is 0 Å². The van der Waals surface area contributed by atoms with Gasteiger partial charge in [0.1, 0.15) is 0 Å². The zero-order chi connectivity index (χ0) is 22.6. The molecule has 15 heteroatoms. The van der Waals surface area contributed by atoms with E-state index in [1.807, 2.05) is 0 Å². The third kappa shape index (κ3) is 3.59. The summed E-state index contributed by atoms with van der Waals surface area (Å²) in [5.74, 6) is -26.5. The molecule has 0 aromatic heterocycles. The van der Waals surface area contributed by atoms with E-state index < -0.39 is 65.4 Å². The quantitative estimate of drug-likeness (QED) is 0.573. The Morgan fingerprint density at radius 3 is 1.04 bits per heavy atom. The van der Waals surface area contributed by atoms with Gasteiger partial charge in [-0.05, 0) is 23.8 Å². The van der Waals surface area contributed by atoms with Crippen molar-refractivity contribution in [2.75, 3.05) is 0 Å². The molecule has 1 aromatic rings. The van der Waals surface area contributed by atoms with Crippen LogP contribution in [0, 0.1) is 0 Å². The Hall–Kier alpha value is -1.80. The Balaban J connectivity index is 3.74. The molecule has 1 aromatic carbocycles. The van der Waals surface area contributed by atoms with E-state index in [0.717, 1.165) is 0 Å². The molecule has 0 bridgehead atoms. The normalized spacial score (nSPS) is 15.1. The minimum absolute atomic E-state index is 0.370. The summed E-state index contributed by atoms with van der Waals surface area (Å²) in [5.41, 5.74) is -6.66. The SMILES string of the molecule is OCc1cc(C(F)(F)C(F)(F)C(F)(F)F)cc(C(F)(F)C(F)(F)C(F)(F)F)c1. The van der Waals surface area contributed by atoms with Crippen LogP contribution in [0.5, 0.6) is 0 Å². The number of aliphatic hydroxyl groups is 1. The van der Waals surface area contributed by atoms with Crippen LogP contribution in [0.15, 0.2) is 18.2 Å². The largest absolute Gasteiger partial charge is 0.460 e. The lowest BCUT2D eigenvalue weighted by molar-refractivity contribution is -0.361. The molecule has 0 amide bonds. The predicted octanol–water partition coefficient (Wildman–Crippen LogP) is 5.76. The third-order valence-corrected chi connectivity index (χ3v) is 3.40. The molecule has 1 rings (SSSR count). The first-order chi connectivity index (χ1) is 12.1. The molecule has 0 aliphatic rings. The fourth-order valence-electron chi connectivity index (χ4n) is 1.86. The van der Waals surface area contributed by atoms with Crippen molar-refractivity contribution in [3.63, 3.8) is 0 Å². The third-order valence-electron chi connectivity index (χ3n) is 3.40. The summed E-state index contributed by atoms with van der Waals surface area (Å²) in [5, 5.41) is 8.73. The van der Waals surface area contributed by atoms with Gasteiger partial charge in [0.2, 0.25) is 0 Å². The minimum Gasteiger partial charge on any atom is -0.392 e. The first-order valence-corrected chi connectivity index (χ1v) is 6.55. The number of aliphatic hydroxyl groups excluding tert-OH is 1. The monoisotopic (exact) mass is 444 g/mol. The van der Waals surface area contributed by atoms with Crippen LogP contribution in [0.25, 0.3) is 0 Å². The summed E-state index contributed by atoms with van der Waals surface area (Å²) in [6.45, 7) is -1.64. The Kier molecular flexibility index (Phi) is 5.73. The molecule has 0 radical (unpaired) electrons. The first kappa shape index (κ1) is 24.2. The lowest BCUT2D eigenvalue weighted by Gasteiger charge is -2.31. The van der Waals surface area contributed by atoms with Gasteiger partial charge in [-0.3, -0.25) is 0 Å². The summed E-state index contributed by atoms with van der Waals surface area (Å²) >= 11 is 0. The molecule has 0 spiro atoms. The van der Waals surface area contributed by atoms with Gasteiger partial charge in [-0.2, -0.15) is 61.5 Å². The van der Waals surface area contributed by atoms with E-state index in [4.69, 9.17) is 5.11 Å². The second-order valence-corrected chi connectivity index (χ2v) is 5.37. The van der Waals surface area contributed by atoms with Gasteiger partial charge in [0.05, 0.1) is 6.61 Å². The lowest BCUT2D eigenvalue weighted by Crippen LogP contribution is -2.51. The number of benzene rings is 1. The molecule has 0 fully saturated rings. The van der Waals surface area contributed by atoms with Gasteiger partial charge in [-0.25, -0.2) is 0 Å². The van der Waals surface area contributed by atoms with Crippen LogP contribution in [-0.4, -0.2) is 29.3 Å². The summed E-state index contributed by atoms with van der Waals surface area (Å²) in [7, 11) is 0. The van der Waals surface area contributed by atoms with Crippen molar-refractivity contribution in [2.24, 2.45) is 0 Å². The molecule has 162 valence electrons. The van der Waals surface area contributed by atoms with Crippen LogP contribution < -0.4 is 0 Å². The predicted molar refractivity (Wildman–Crippen MR) is 62.2 cm³/mol. The molecule has 28 heavy (non-hydrogen) atoms. The van der Waals surface area contributed by atoms with Crippen molar-refractivity contribution in [2.45, 2.75) is 42.6 Å². The number of hydrogen-bond donors (Lipinski definition) is 1. The van der Waals surface area contributed by atoms with Crippen molar-refractivity contribution in [3.8, 4) is 0 Å². The fraction of sp³-hybridized carbons (Fsp3) is 0.538. The Morgan fingerprint density at radius 1 is 0.536 bits per heavy atom. The van der Waals surface area contributed by atoms with E-state index in [-0.39, 0.29) is 12.1 Å². The maximum atomic E-state index is 13.6. The van der Waals surface area contributed by atoms with Crippen molar-refractivity contribution in [3.05, 3.63) is 34.9 Å². The number of rotatable bonds is 5. The van der Waals surface area contributed by atoms with Gasteiger partial charge in [0, 0.05) is 11.1 Å². The van der Waals surface area contributed by atoms with Crippen molar-refractivity contribution in [1.29, 1.82) is 0 Å². The number of halogens is 14. The summed E-state index contributed by atoms with van der Waals surface area (Å²) in [6.07, 6.45) is -13.9. The summed E-state index contributed by atoms with van der Waals surface area (Å²) in [4.78, 5) is 0. The highest BCUT2D eigenvalue weighted by molar-refractivity contribution is 5.37. The Morgan fingerprint density at radius 2 is 0.821 bits per heavy atom. The van der Waals surface area contributed by atoms with Crippen LogP contribution in [0.1, 0.15) is 16.7 Å². The van der Waals surface area contributed by atoms with Gasteiger partial charge in [0.25, 0.3) is 0 Å². The van der Waals surface area contributed by atoms with Gasteiger partial charge < -0.3 is 5.11 Å². The molecule has 0 aliphatic carbocycles. The minimum atomic E-state index is -6.94. The smallest absolute Gasteiger partial charge is 0.392 e. The molecule has 1 N–H and O–H groups in total. The second kappa shape index (κ2) is 6.62. The van der Waals surface area contributed by atoms with E-state index in [1.165, 1.54) is 0 Å². The highest BCUT2D eigenvalue weighted by atomic mass is 19.4. The van der Waals surface area contributed by atoms with Crippen LogP contribution in [0.2, 0.25) is 0 Å². The number of hydrogen-bond acceptors (Lipinski definition) is 1. The Bertz CT molecular complexity index is 659. The van der Waals surface area contributed by atoms with Gasteiger partial charge in [0.15, 0.2) is 0 Å². The van der Waals surface area contributed by atoms with E-state index in [2.05, 4.69) is 0 Å². The Labute approximate surface area is 145 Å². The summed E-state index contributed by atoms with van der Waals surface area (Å²) in [6, 6.07) is -1.78. The standard InChI is InChI=1S/C13H6F14O/c14-8(15,10(18,19)12(22,23)24)6-1-5(4-28)2-7(3-6)9(16,17)11(20,21)13(25,26)27/h1-3,28H,4H2. The fourth-order valence-corrected chi connectivity index (χ4v) is 1.86. The van der Waals surface area contributed by atoms with Crippen molar-refractivity contribution >= 4 is 0 Å². The molecular weight excluding hydrogens is 438 g/mol. The molecule has 0 heterocycles. The second-order valence-electron chi connectivity index (χ2n) is 5.37. The highest BCUT2D eigenvalue weighted by Gasteiger charge is 2.75. The highest BCUT2D eigenvalue weighted by Crippen LogP contribution is 2.55. The summed E-state index contributed by atoms with van der Waals surface area (Å²) < 4.78 is 180. The van der Waals surface area contributed by atoms with Crippen LogP contribution in [0.3, 0.4) is 0 Å². The van der Waals surface area contributed by atoms with E-state index >= 15 is 0 Å². The number of alkyl halides is 14. The average Bonchev–Trinajstić information content (AvgIpc) is 2.51. The van der Waals surface area contributed by atoms with Crippen LogP contribution >= 0.6 is 0 Å². The first-order valence-electron chi connectivity index (χ1n) is 6.55. The topological polar surface area (TPSA) is 20.2 Å². The average molecular weight is 444 g/mol. The van der Waals surface area contributed by atoms with Crippen LogP contribution in [-0.2, 0) is 18.5 Å². The van der Waals surface area contributed by atoms with Gasteiger partial charge in [-0.15, -0.1) is 0 Å². The zero-order valence-corrected chi connectivity index (χ0v) is 12.7. The molecule has 1 nitrogen and oxygen atoms in total. The van der Waals surface area contributed by atoms with Crippen LogP contribution in [0.4, 0.5) is 61.5 Å². The van der Waals surface area contributed by atoms with Gasteiger partial charge >= 0.3 is 36.0 Å². The molecule has 0 unspecified atom stereocenters. The molecule has 0 saturated carbocycles. The zero-order valence-electron chi connectivity index (χ0n) is 12.7. The van der Waals surface area contributed by atoms with E-state index in [1.54, 1.807) is 0 Å². The van der Waals surface area contributed by atoms with E-state index in [9.17, 15) is 61.5 Å². The molecule has 0 saturated heterocycles. The van der Waals surface area contributed by atoms with Crippen molar-refractivity contribution in [1.82, 2.24) is 0 Å². The lowest BCUT2D eigenvalue weighted by atomic mass is 9.92. The van der Waals surface area contributed by atoms with Gasteiger partial charge in [-0.1, -0.05) is 0 Å². The maximum Gasteiger partial charge on any atom is 0.460 e. The van der Waals surface area contributed by atoms with Crippen molar-refractivity contribution < 1.29 is 66.6 Å². The maximum absolute atomic E-state index is 13.6. The molecular formula is C13H6F14O. The molecule has 0 atom stereocenters.